The second kappa shape index (κ2) is 14.5. The van der Waals surface area contributed by atoms with Gasteiger partial charge in [-0.05, 0) is 86.4 Å². The van der Waals surface area contributed by atoms with Crippen LogP contribution in [0.3, 0.4) is 0 Å². The molecule has 0 fully saturated rings. The van der Waals surface area contributed by atoms with Gasteiger partial charge in [-0.25, -0.2) is 19.9 Å². The Morgan fingerprint density at radius 2 is 1.35 bits per heavy atom. The fourth-order valence-corrected chi connectivity index (χ4v) is 7.67. The Labute approximate surface area is 319 Å². The van der Waals surface area contributed by atoms with E-state index in [4.69, 9.17) is 14.2 Å². The van der Waals surface area contributed by atoms with Gasteiger partial charge in [-0.15, -0.1) is 0 Å². The number of halogens is 2. The second-order valence-electron chi connectivity index (χ2n) is 13.9. The predicted octanol–water partition coefficient (Wildman–Crippen LogP) is 9.56. The normalized spacial score (nSPS) is 11.9. The zero-order chi connectivity index (χ0) is 36.7. The number of aromatic amines is 1. The maximum atomic E-state index is 6.11. The van der Waals surface area contributed by atoms with E-state index in [-0.39, 0.29) is 0 Å². The monoisotopic (exact) mass is 842 g/mol. The molecule has 0 unspecified atom stereocenters. The average molecular weight is 845 g/mol. The standard InChI is InChI=1S/C22H27BrN4O2Si.C16H13BrN4O/c1-26-13-17(16-10-15(28-2)6-7-19(16)26)20-11-18-22(24-12-21(23)25-18)27(20)14-29-8-9-30(3,4)5;1-21-8-11(10-5-9(22-2)3-4-14(10)21)12-6-13-16(20-12)18-7-15(17)19-13/h6-7,10-13H,8-9,14H2,1-5H3;3-8H,1-2H3,(H,18,20). The minimum atomic E-state index is -1.15. The fraction of sp³-hybridized carbons (Fsp3) is 0.263. The van der Waals surface area contributed by atoms with E-state index < -0.39 is 8.07 Å². The van der Waals surface area contributed by atoms with Crippen LogP contribution in [0.1, 0.15) is 0 Å². The van der Waals surface area contributed by atoms with Gasteiger partial charge in [0, 0.05) is 74.1 Å². The number of ether oxygens (including phenoxy) is 3. The Hall–Kier alpha value is -4.50. The number of hydrogen-bond acceptors (Lipinski definition) is 7. The van der Waals surface area contributed by atoms with Crippen molar-refractivity contribution >= 4 is 84.1 Å². The number of fused-ring (bicyclic) bond motifs is 4. The average Bonchev–Trinajstić information content (AvgIpc) is 3.87. The van der Waals surface area contributed by atoms with Crippen molar-refractivity contribution in [2.45, 2.75) is 32.4 Å². The van der Waals surface area contributed by atoms with Crippen molar-refractivity contribution in [1.82, 2.24) is 38.6 Å². The van der Waals surface area contributed by atoms with Crippen LogP contribution in [0.4, 0.5) is 0 Å². The quantitative estimate of drug-likeness (QED) is 0.114. The molecule has 14 heteroatoms. The maximum Gasteiger partial charge on any atom is 0.161 e. The molecule has 0 aliphatic carbocycles. The lowest BCUT2D eigenvalue weighted by atomic mass is 10.1. The highest BCUT2D eigenvalue weighted by Gasteiger charge is 2.19. The first-order chi connectivity index (χ1) is 24.9. The molecule has 0 bridgehead atoms. The molecule has 8 rings (SSSR count). The van der Waals surface area contributed by atoms with Crippen molar-refractivity contribution in [3.05, 3.63) is 82.5 Å². The third-order valence-corrected chi connectivity index (χ3v) is 11.5. The van der Waals surface area contributed by atoms with Crippen LogP contribution in [0, 0.1) is 0 Å². The van der Waals surface area contributed by atoms with E-state index in [2.05, 4.69) is 134 Å². The minimum Gasteiger partial charge on any atom is -0.497 e. The Kier molecular flexibility index (Phi) is 10.00. The van der Waals surface area contributed by atoms with Gasteiger partial charge in [-0.2, -0.15) is 0 Å². The van der Waals surface area contributed by atoms with E-state index in [9.17, 15) is 0 Å². The van der Waals surface area contributed by atoms with E-state index in [0.29, 0.717) is 6.73 Å². The lowest BCUT2D eigenvalue weighted by molar-refractivity contribution is 0.0909. The number of nitrogens with zero attached hydrogens (tertiary/aromatic N) is 7. The zero-order valence-electron chi connectivity index (χ0n) is 30.2. The summed E-state index contributed by atoms with van der Waals surface area (Å²) in [6.07, 6.45) is 7.67. The molecular weight excluding hydrogens is 804 g/mol. The molecule has 0 saturated heterocycles. The highest BCUT2D eigenvalue weighted by Crippen LogP contribution is 2.36. The lowest BCUT2D eigenvalue weighted by Crippen LogP contribution is -2.22. The Morgan fingerprint density at radius 1 is 0.750 bits per heavy atom. The molecule has 1 N–H and O–H groups in total. The number of H-pyrrole nitrogens is 1. The molecule has 0 radical (unpaired) electrons. The molecule has 268 valence electrons. The minimum absolute atomic E-state index is 0.444. The third-order valence-electron chi connectivity index (χ3n) is 9.05. The number of rotatable bonds is 9. The smallest absolute Gasteiger partial charge is 0.161 e. The van der Waals surface area contributed by atoms with Crippen molar-refractivity contribution in [2.75, 3.05) is 20.8 Å². The number of nitrogens with one attached hydrogen (secondary N) is 1. The number of hydrogen-bond donors (Lipinski definition) is 1. The van der Waals surface area contributed by atoms with E-state index in [1.807, 2.05) is 31.3 Å². The highest BCUT2D eigenvalue weighted by atomic mass is 79.9. The van der Waals surface area contributed by atoms with Gasteiger partial charge in [-0.3, -0.25) is 4.57 Å². The Balaban J connectivity index is 0.000000169. The van der Waals surface area contributed by atoms with Gasteiger partial charge >= 0.3 is 0 Å². The van der Waals surface area contributed by atoms with Gasteiger partial charge in [0.15, 0.2) is 11.3 Å². The molecule has 11 nitrogen and oxygen atoms in total. The molecule has 6 heterocycles. The third kappa shape index (κ3) is 7.25. The molecular formula is C38H40Br2N8O3Si. The van der Waals surface area contributed by atoms with E-state index in [1.165, 1.54) is 0 Å². The maximum absolute atomic E-state index is 6.11. The van der Waals surface area contributed by atoms with Gasteiger partial charge in [0.2, 0.25) is 0 Å². The van der Waals surface area contributed by atoms with Crippen molar-refractivity contribution in [3.63, 3.8) is 0 Å². The summed E-state index contributed by atoms with van der Waals surface area (Å²) in [7, 11) is 6.32. The van der Waals surface area contributed by atoms with Crippen LogP contribution in [0.2, 0.25) is 25.7 Å². The van der Waals surface area contributed by atoms with E-state index in [1.54, 1.807) is 26.6 Å². The van der Waals surface area contributed by atoms with Crippen LogP contribution in [-0.2, 0) is 25.6 Å². The van der Waals surface area contributed by atoms with Crippen LogP contribution in [0.5, 0.6) is 11.5 Å². The first-order valence-corrected chi connectivity index (χ1v) is 22.1. The van der Waals surface area contributed by atoms with Crippen molar-refractivity contribution in [1.29, 1.82) is 0 Å². The molecule has 0 amide bonds. The van der Waals surface area contributed by atoms with E-state index >= 15 is 0 Å². The molecule has 0 aliphatic rings. The topological polar surface area (TPSA) is 110 Å². The van der Waals surface area contributed by atoms with Crippen molar-refractivity contribution in [2.24, 2.45) is 14.1 Å². The summed E-state index contributed by atoms with van der Waals surface area (Å²) in [5.41, 5.74) is 9.81. The molecule has 52 heavy (non-hydrogen) atoms. The molecule has 0 saturated carbocycles. The van der Waals surface area contributed by atoms with Crippen LogP contribution >= 0.6 is 31.9 Å². The second-order valence-corrected chi connectivity index (χ2v) is 21.1. The van der Waals surface area contributed by atoms with Crippen LogP contribution in [0.25, 0.3) is 66.6 Å². The Morgan fingerprint density at radius 3 is 1.98 bits per heavy atom. The first kappa shape index (κ1) is 35.9. The molecule has 2 aromatic carbocycles. The summed E-state index contributed by atoms with van der Waals surface area (Å²) < 4.78 is 24.7. The number of aryl methyl sites for hydroxylation is 2. The van der Waals surface area contributed by atoms with Crippen molar-refractivity contribution < 1.29 is 14.2 Å². The highest BCUT2D eigenvalue weighted by molar-refractivity contribution is 9.10. The molecule has 6 aromatic heterocycles. The van der Waals surface area contributed by atoms with Gasteiger partial charge in [-0.1, -0.05) is 19.6 Å². The van der Waals surface area contributed by atoms with Gasteiger partial charge in [0.1, 0.15) is 38.5 Å². The zero-order valence-corrected chi connectivity index (χ0v) is 34.3. The fourth-order valence-electron chi connectivity index (χ4n) is 6.33. The summed E-state index contributed by atoms with van der Waals surface area (Å²) in [6, 6.07) is 17.5. The van der Waals surface area contributed by atoms with Crippen LogP contribution in [-0.4, -0.2) is 67.5 Å². The molecule has 8 aromatic rings. The van der Waals surface area contributed by atoms with Crippen LogP contribution in [0.15, 0.2) is 82.5 Å². The molecule has 0 atom stereocenters. The number of methoxy groups -OCH3 is 2. The van der Waals surface area contributed by atoms with Crippen LogP contribution < -0.4 is 9.47 Å². The molecule has 0 aliphatic heterocycles. The summed E-state index contributed by atoms with van der Waals surface area (Å²) in [4.78, 5) is 21.4. The summed E-state index contributed by atoms with van der Waals surface area (Å²) in [5, 5.41) is 2.26. The predicted molar refractivity (Wildman–Crippen MR) is 218 cm³/mol. The lowest BCUT2D eigenvalue weighted by Gasteiger charge is -2.16. The summed E-state index contributed by atoms with van der Waals surface area (Å²) in [6.45, 7) is 8.28. The first-order valence-electron chi connectivity index (χ1n) is 16.8. The summed E-state index contributed by atoms with van der Waals surface area (Å²) in [5.74, 6) is 1.68. The number of benzene rings is 2. The number of aromatic nitrogens is 8. The van der Waals surface area contributed by atoms with Gasteiger partial charge < -0.3 is 28.3 Å². The Bertz CT molecular complexity index is 2570. The van der Waals surface area contributed by atoms with Gasteiger partial charge in [0.25, 0.3) is 0 Å². The van der Waals surface area contributed by atoms with Gasteiger partial charge in [0.05, 0.1) is 38.0 Å². The summed E-state index contributed by atoms with van der Waals surface area (Å²) >= 11 is 6.79. The largest absolute Gasteiger partial charge is 0.497 e. The van der Waals surface area contributed by atoms with Crippen molar-refractivity contribution in [3.8, 4) is 34.0 Å². The molecule has 0 spiro atoms. The van der Waals surface area contributed by atoms with E-state index in [0.717, 1.165) is 100 Å². The SMILES string of the molecule is COc1ccc2c(c1)c(-c1cc3nc(Br)cnc3[nH]1)cn2C.COc1ccc2c(c1)c(-c1cc3nc(Br)cnc3n1COCC[Si](C)(C)C)cn2C.